The third-order valence-electron chi connectivity index (χ3n) is 2.87. The van der Waals surface area contributed by atoms with Gasteiger partial charge in [0, 0.05) is 12.1 Å². The summed E-state index contributed by atoms with van der Waals surface area (Å²) in [6.07, 6.45) is 2.40. The summed E-state index contributed by atoms with van der Waals surface area (Å²) >= 11 is 0. The van der Waals surface area contributed by atoms with Crippen molar-refractivity contribution in [2.24, 2.45) is 0 Å². The Labute approximate surface area is 111 Å². The number of halogens is 1. The van der Waals surface area contributed by atoms with Gasteiger partial charge in [-0.05, 0) is 25.0 Å². The van der Waals surface area contributed by atoms with Crippen molar-refractivity contribution in [1.29, 1.82) is 0 Å². The molecule has 1 atom stereocenters. The number of amides is 1. The zero-order valence-electron chi connectivity index (χ0n) is 11.0. The smallest absolute Gasteiger partial charge is 0.282 e. The van der Waals surface area contributed by atoms with E-state index in [1.54, 1.807) is 0 Å². The molecule has 1 unspecified atom stereocenters. The van der Waals surface area contributed by atoms with Gasteiger partial charge in [-0.1, -0.05) is 20.3 Å². The molecule has 0 heterocycles. The van der Waals surface area contributed by atoms with Gasteiger partial charge < -0.3 is 5.32 Å². The van der Waals surface area contributed by atoms with E-state index in [0.717, 1.165) is 37.5 Å². The number of nitrogens with one attached hydrogen (secondary N) is 1. The Kier molecular flexibility index (Phi) is 5.41. The lowest BCUT2D eigenvalue weighted by molar-refractivity contribution is -0.385. The summed E-state index contributed by atoms with van der Waals surface area (Å²) in [5, 5.41) is 13.5. The lowest BCUT2D eigenvalue weighted by Gasteiger charge is -2.16. The van der Waals surface area contributed by atoms with Crippen LogP contribution in [-0.2, 0) is 0 Å². The first kappa shape index (κ1) is 15.1. The predicted octanol–water partition coefficient (Wildman–Crippen LogP) is 3.04. The maximum absolute atomic E-state index is 13.1. The van der Waals surface area contributed by atoms with Crippen LogP contribution in [0.3, 0.4) is 0 Å². The van der Waals surface area contributed by atoms with Crippen LogP contribution in [0, 0.1) is 15.9 Å². The van der Waals surface area contributed by atoms with Gasteiger partial charge >= 0.3 is 0 Å². The monoisotopic (exact) mass is 268 g/mol. The van der Waals surface area contributed by atoms with Crippen LogP contribution < -0.4 is 5.32 Å². The number of carbonyl (C=O) groups excluding carboxylic acids is 1. The van der Waals surface area contributed by atoms with E-state index in [2.05, 4.69) is 5.32 Å². The summed E-state index contributed by atoms with van der Waals surface area (Å²) in [5.74, 6) is -1.27. The molecule has 0 saturated carbocycles. The lowest BCUT2D eigenvalue weighted by Crippen LogP contribution is -2.34. The van der Waals surface area contributed by atoms with Crippen molar-refractivity contribution < 1.29 is 14.1 Å². The molecule has 1 aromatic carbocycles. The van der Waals surface area contributed by atoms with Crippen LogP contribution in [0.1, 0.15) is 43.5 Å². The van der Waals surface area contributed by atoms with Crippen molar-refractivity contribution in [2.75, 3.05) is 0 Å². The summed E-state index contributed by atoms with van der Waals surface area (Å²) in [4.78, 5) is 22.1. The van der Waals surface area contributed by atoms with Gasteiger partial charge in [-0.3, -0.25) is 14.9 Å². The van der Waals surface area contributed by atoms with Gasteiger partial charge in [0.05, 0.1) is 4.92 Å². The highest BCUT2D eigenvalue weighted by molar-refractivity contribution is 5.98. The minimum Gasteiger partial charge on any atom is -0.349 e. The Morgan fingerprint density at radius 3 is 2.68 bits per heavy atom. The summed E-state index contributed by atoms with van der Waals surface area (Å²) in [6.45, 7) is 3.90. The minimum absolute atomic E-state index is 0.0552. The van der Waals surface area contributed by atoms with Crippen LogP contribution in [0.15, 0.2) is 18.2 Å². The number of hydrogen-bond acceptors (Lipinski definition) is 3. The van der Waals surface area contributed by atoms with Crippen LogP contribution in [0.2, 0.25) is 0 Å². The highest BCUT2D eigenvalue weighted by atomic mass is 19.1. The fourth-order valence-electron chi connectivity index (χ4n) is 1.84. The molecule has 0 saturated heterocycles. The van der Waals surface area contributed by atoms with Crippen LogP contribution in [0.4, 0.5) is 10.1 Å². The molecule has 104 valence electrons. The van der Waals surface area contributed by atoms with Gasteiger partial charge in [0.25, 0.3) is 11.6 Å². The zero-order valence-corrected chi connectivity index (χ0v) is 11.0. The summed E-state index contributed by atoms with van der Waals surface area (Å²) in [5.41, 5.74) is -0.621. The second-order valence-electron chi connectivity index (χ2n) is 4.29. The van der Waals surface area contributed by atoms with Crippen LogP contribution >= 0.6 is 0 Å². The molecule has 1 aromatic rings. The zero-order chi connectivity index (χ0) is 14.4. The van der Waals surface area contributed by atoms with Gasteiger partial charge in [0.15, 0.2) is 0 Å². The first-order chi connectivity index (χ1) is 8.99. The normalized spacial score (nSPS) is 11.9. The molecule has 0 fully saturated rings. The van der Waals surface area contributed by atoms with Gasteiger partial charge in [0.1, 0.15) is 11.4 Å². The van der Waals surface area contributed by atoms with Crippen LogP contribution in [0.25, 0.3) is 0 Å². The quantitative estimate of drug-likeness (QED) is 0.636. The highest BCUT2D eigenvalue weighted by Crippen LogP contribution is 2.19. The molecule has 0 spiro atoms. The molecule has 0 aliphatic carbocycles. The average molecular weight is 268 g/mol. The first-order valence-corrected chi connectivity index (χ1v) is 6.24. The molecule has 1 N–H and O–H groups in total. The maximum Gasteiger partial charge on any atom is 0.282 e. The number of carbonyl (C=O) groups is 1. The topological polar surface area (TPSA) is 72.2 Å². The van der Waals surface area contributed by atoms with Crippen molar-refractivity contribution in [3.8, 4) is 0 Å². The van der Waals surface area contributed by atoms with Gasteiger partial charge in [-0.25, -0.2) is 4.39 Å². The molecular weight excluding hydrogens is 251 g/mol. The predicted molar refractivity (Wildman–Crippen MR) is 69.5 cm³/mol. The second kappa shape index (κ2) is 6.82. The van der Waals surface area contributed by atoms with Crippen molar-refractivity contribution in [1.82, 2.24) is 5.32 Å². The molecule has 1 rings (SSSR count). The molecule has 19 heavy (non-hydrogen) atoms. The number of rotatable bonds is 6. The van der Waals surface area contributed by atoms with Crippen molar-refractivity contribution in [3.05, 3.63) is 39.7 Å². The SMILES string of the molecule is CCCC(CC)NC(=O)c1cc(F)ccc1[N+](=O)[O-]. The Morgan fingerprint density at radius 1 is 1.47 bits per heavy atom. The summed E-state index contributed by atoms with van der Waals surface area (Å²) in [7, 11) is 0. The van der Waals surface area contributed by atoms with E-state index in [1.807, 2.05) is 13.8 Å². The second-order valence-corrected chi connectivity index (χ2v) is 4.29. The number of nitro benzene ring substituents is 1. The lowest BCUT2D eigenvalue weighted by atomic mass is 10.1. The number of nitrogens with zero attached hydrogens (tertiary/aromatic N) is 1. The molecular formula is C13H17FN2O3. The molecule has 6 heteroatoms. The largest absolute Gasteiger partial charge is 0.349 e. The van der Waals surface area contributed by atoms with E-state index in [-0.39, 0.29) is 17.3 Å². The Balaban J connectivity index is 2.98. The fraction of sp³-hybridized carbons (Fsp3) is 0.462. The Morgan fingerprint density at radius 2 is 2.16 bits per heavy atom. The maximum atomic E-state index is 13.1. The van der Waals surface area contributed by atoms with E-state index in [1.165, 1.54) is 0 Å². The Hall–Kier alpha value is -1.98. The highest BCUT2D eigenvalue weighted by Gasteiger charge is 2.22. The van der Waals surface area contributed by atoms with Gasteiger partial charge in [0.2, 0.25) is 0 Å². The first-order valence-electron chi connectivity index (χ1n) is 6.24. The molecule has 1 amide bonds. The summed E-state index contributed by atoms with van der Waals surface area (Å²) < 4.78 is 13.1. The van der Waals surface area contributed by atoms with Crippen molar-refractivity contribution in [2.45, 2.75) is 39.2 Å². The van der Waals surface area contributed by atoms with Crippen LogP contribution in [-0.4, -0.2) is 16.9 Å². The standard InChI is InChI=1S/C13H17FN2O3/c1-3-5-10(4-2)15-13(17)11-8-9(14)6-7-12(11)16(18)19/h6-8,10H,3-5H2,1-2H3,(H,15,17). The molecule has 0 aromatic heterocycles. The number of benzene rings is 1. The van der Waals surface area contributed by atoms with Gasteiger partial charge in [-0.15, -0.1) is 0 Å². The van der Waals surface area contributed by atoms with Crippen molar-refractivity contribution >= 4 is 11.6 Å². The third-order valence-corrected chi connectivity index (χ3v) is 2.87. The molecule has 5 nitrogen and oxygen atoms in total. The average Bonchev–Trinajstić information content (AvgIpc) is 2.37. The number of nitro groups is 1. The molecule has 0 bridgehead atoms. The van der Waals surface area contributed by atoms with Crippen LogP contribution in [0.5, 0.6) is 0 Å². The molecule has 0 aliphatic rings. The van der Waals surface area contributed by atoms with E-state index in [0.29, 0.717) is 0 Å². The fourth-order valence-corrected chi connectivity index (χ4v) is 1.84. The van der Waals surface area contributed by atoms with E-state index >= 15 is 0 Å². The molecule has 0 radical (unpaired) electrons. The van der Waals surface area contributed by atoms with E-state index in [9.17, 15) is 19.3 Å². The van der Waals surface area contributed by atoms with Gasteiger partial charge in [-0.2, -0.15) is 0 Å². The third kappa shape index (κ3) is 4.01. The number of hydrogen-bond donors (Lipinski definition) is 1. The van der Waals surface area contributed by atoms with Crippen molar-refractivity contribution in [3.63, 3.8) is 0 Å². The minimum atomic E-state index is -0.685. The summed E-state index contributed by atoms with van der Waals surface area (Å²) in [6, 6.07) is 2.82. The Bertz CT molecular complexity index is 477. The van der Waals surface area contributed by atoms with E-state index < -0.39 is 16.6 Å². The van der Waals surface area contributed by atoms with E-state index in [4.69, 9.17) is 0 Å². The molecule has 0 aliphatic heterocycles.